The number of benzene rings is 1. The molecular formula is C18H22N2O2. The number of piperazine rings is 1. The summed E-state index contributed by atoms with van der Waals surface area (Å²) < 4.78 is 5.38. The largest absolute Gasteiger partial charge is 0.445 e. The summed E-state index contributed by atoms with van der Waals surface area (Å²) in [5, 5.41) is 0. The van der Waals surface area contributed by atoms with Crippen molar-refractivity contribution in [1.29, 1.82) is 0 Å². The molecule has 1 saturated carbocycles. The van der Waals surface area contributed by atoms with E-state index in [1.54, 1.807) is 4.90 Å². The maximum Gasteiger partial charge on any atom is 0.410 e. The molecule has 1 amide bonds. The predicted molar refractivity (Wildman–Crippen MR) is 85.2 cm³/mol. The first-order chi connectivity index (χ1) is 10.7. The molecule has 0 N–H and O–H groups in total. The lowest BCUT2D eigenvalue weighted by atomic mass is 9.75. The Hall–Kier alpha value is -1.99. The number of hydrogen-bond donors (Lipinski definition) is 0. The van der Waals surface area contributed by atoms with Crippen LogP contribution >= 0.6 is 0 Å². The van der Waals surface area contributed by atoms with Crippen LogP contribution < -0.4 is 0 Å². The SMILES string of the molecule is C#CC1(N2CCN(C(=O)OCc3ccccc3)CC2)CCC1. The summed E-state index contributed by atoms with van der Waals surface area (Å²) in [7, 11) is 0. The molecule has 0 aromatic heterocycles. The minimum absolute atomic E-state index is 0.0416. The minimum atomic E-state index is -0.230. The second kappa shape index (κ2) is 6.41. The van der Waals surface area contributed by atoms with E-state index >= 15 is 0 Å². The molecule has 1 heterocycles. The number of amides is 1. The first-order valence-corrected chi connectivity index (χ1v) is 7.92. The number of nitrogens with zero attached hydrogens (tertiary/aromatic N) is 2. The van der Waals surface area contributed by atoms with Crippen molar-refractivity contribution in [2.45, 2.75) is 31.4 Å². The molecule has 0 radical (unpaired) electrons. The summed E-state index contributed by atoms with van der Waals surface area (Å²) in [6.45, 7) is 3.39. The van der Waals surface area contributed by atoms with Crippen molar-refractivity contribution in [3.05, 3.63) is 35.9 Å². The van der Waals surface area contributed by atoms with Crippen molar-refractivity contribution in [2.75, 3.05) is 26.2 Å². The Morgan fingerprint density at radius 3 is 2.41 bits per heavy atom. The molecule has 1 aliphatic carbocycles. The highest BCUT2D eigenvalue weighted by molar-refractivity contribution is 5.67. The molecule has 22 heavy (non-hydrogen) atoms. The van der Waals surface area contributed by atoms with E-state index in [2.05, 4.69) is 10.8 Å². The third-order valence-corrected chi connectivity index (χ3v) is 4.80. The Morgan fingerprint density at radius 1 is 1.18 bits per heavy atom. The van der Waals surface area contributed by atoms with Gasteiger partial charge in [-0.3, -0.25) is 4.90 Å². The average Bonchev–Trinajstić information content (AvgIpc) is 2.54. The van der Waals surface area contributed by atoms with Gasteiger partial charge in [0.15, 0.2) is 0 Å². The van der Waals surface area contributed by atoms with Gasteiger partial charge in [0.1, 0.15) is 6.61 Å². The van der Waals surface area contributed by atoms with Crippen LogP contribution in [0.1, 0.15) is 24.8 Å². The van der Waals surface area contributed by atoms with Crippen LogP contribution in [0, 0.1) is 12.3 Å². The lowest BCUT2D eigenvalue weighted by Gasteiger charge is -2.49. The van der Waals surface area contributed by atoms with Gasteiger partial charge >= 0.3 is 6.09 Å². The van der Waals surface area contributed by atoms with E-state index in [1.165, 1.54) is 6.42 Å². The van der Waals surface area contributed by atoms with Crippen molar-refractivity contribution in [3.8, 4) is 12.3 Å². The summed E-state index contributed by atoms with van der Waals surface area (Å²) >= 11 is 0. The van der Waals surface area contributed by atoms with Crippen LogP contribution in [0.15, 0.2) is 30.3 Å². The molecule has 3 rings (SSSR count). The zero-order valence-corrected chi connectivity index (χ0v) is 12.8. The molecule has 4 nitrogen and oxygen atoms in total. The zero-order valence-electron chi connectivity index (χ0n) is 12.8. The molecule has 4 heteroatoms. The van der Waals surface area contributed by atoms with Gasteiger partial charge in [-0.2, -0.15) is 0 Å². The normalized spacial score (nSPS) is 20.8. The van der Waals surface area contributed by atoms with Gasteiger partial charge in [-0.05, 0) is 24.8 Å². The second-order valence-electron chi connectivity index (χ2n) is 6.04. The van der Waals surface area contributed by atoms with Gasteiger partial charge in [0, 0.05) is 26.2 Å². The highest BCUT2D eigenvalue weighted by atomic mass is 16.6. The topological polar surface area (TPSA) is 32.8 Å². The van der Waals surface area contributed by atoms with Gasteiger partial charge in [0.25, 0.3) is 0 Å². The number of carbonyl (C=O) groups is 1. The molecule has 0 atom stereocenters. The van der Waals surface area contributed by atoms with Crippen molar-refractivity contribution in [3.63, 3.8) is 0 Å². The van der Waals surface area contributed by atoms with Gasteiger partial charge in [0.2, 0.25) is 0 Å². The van der Waals surface area contributed by atoms with Crippen molar-refractivity contribution in [1.82, 2.24) is 9.80 Å². The van der Waals surface area contributed by atoms with Crippen LogP contribution in [0.5, 0.6) is 0 Å². The summed E-state index contributed by atoms with van der Waals surface area (Å²) in [5.41, 5.74) is 0.968. The van der Waals surface area contributed by atoms with Crippen molar-refractivity contribution >= 4 is 6.09 Å². The molecule has 1 aliphatic heterocycles. The van der Waals surface area contributed by atoms with Crippen LogP contribution in [-0.2, 0) is 11.3 Å². The fourth-order valence-electron chi connectivity index (χ4n) is 3.19. The van der Waals surface area contributed by atoms with Crippen molar-refractivity contribution in [2.24, 2.45) is 0 Å². The monoisotopic (exact) mass is 298 g/mol. The number of carbonyl (C=O) groups excluding carboxylic acids is 1. The van der Waals surface area contributed by atoms with E-state index < -0.39 is 0 Å². The smallest absolute Gasteiger partial charge is 0.410 e. The predicted octanol–water partition coefficient (Wildman–Crippen LogP) is 2.50. The summed E-state index contributed by atoms with van der Waals surface area (Å²) in [6, 6.07) is 9.75. The Balaban J connectivity index is 1.47. The fourth-order valence-corrected chi connectivity index (χ4v) is 3.19. The van der Waals surface area contributed by atoms with Crippen molar-refractivity contribution < 1.29 is 9.53 Å². The lowest BCUT2D eigenvalue weighted by molar-refractivity contribution is 0.0147. The molecule has 116 valence electrons. The fraction of sp³-hybridized carbons (Fsp3) is 0.500. The van der Waals surface area contributed by atoms with Gasteiger partial charge in [0.05, 0.1) is 5.54 Å². The highest BCUT2D eigenvalue weighted by Crippen LogP contribution is 2.37. The quantitative estimate of drug-likeness (QED) is 0.804. The molecule has 1 aromatic rings. The minimum Gasteiger partial charge on any atom is -0.445 e. The van der Waals surface area contributed by atoms with E-state index in [9.17, 15) is 4.79 Å². The first-order valence-electron chi connectivity index (χ1n) is 7.92. The van der Waals surface area contributed by atoms with Gasteiger partial charge in [-0.15, -0.1) is 6.42 Å². The molecule has 1 saturated heterocycles. The zero-order chi connectivity index (χ0) is 15.4. The van der Waals surface area contributed by atoms with E-state index in [0.29, 0.717) is 19.7 Å². The lowest BCUT2D eigenvalue weighted by Crippen LogP contribution is -2.60. The van der Waals surface area contributed by atoms with Crippen LogP contribution in [-0.4, -0.2) is 47.6 Å². The Labute approximate surface area is 132 Å². The first kappa shape index (κ1) is 14.9. The molecule has 0 spiro atoms. The third kappa shape index (κ3) is 2.95. The van der Waals surface area contributed by atoms with Crippen LogP contribution in [0.2, 0.25) is 0 Å². The second-order valence-corrected chi connectivity index (χ2v) is 6.04. The number of rotatable bonds is 3. The van der Waals surface area contributed by atoms with Gasteiger partial charge in [-0.25, -0.2) is 4.79 Å². The number of ether oxygens (including phenoxy) is 1. The summed E-state index contributed by atoms with van der Waals surface area (Å²) in [4.78, 5) is 16.3. The van der Waals surface area contributed by atoms with E-state index in [1.807, 2.05) is 30.3 Å². The average molecular weight is 298 g/mol. The molecule has 0 bridgehead atoms. The van der Waals surface area contributed by atoms with Crippen LogP contribution in [0.25, 0.3) is 0 Å². The Bertz CT molecular complexity index is 552. The number of hydrogen-bond acceptors (Lipinski definition) is 3. The summed E-state index contributed by atoms with van der Waals surface area (Å²) in [5.74, 6) is 2.97. The van der Waals surface area contributed by atoms with Crippen LogP contribution in [0.4, 0.5) is 4.79 Å². The van der Waals surface area contributed by atoms with Crippen LogP contribution in [0.3, 0.4) is 0 Å². The molecular weight excluding hydrogens is 276 g/mol. The van der Waals surface area contributed by atoms with Gasteiger partial charge in [-0.1, -0.05) is 36.3 Å². The van der Waals surface area contributed by atoms with Gasteiger partial charge < -0.3 is 9.64 Å². The maximum atomic E-state index is 12.1. The number of terminal acetylenes is 1. The Kier molecular flexibility index (Phi) is 4.35. The summed E-state index contributed by atoms with van der Waals surface area (Å²) in [6.07, 6.45) is 8.86. The molecule has 2 fully saturated rings. The molecule has 2 aliphatic rings. The highest BCUT2D eigenvalue weighted by Gasteiger charge is 2.42. The Morgan fingerprint density at radius 2 is 1.86 bits per heavy atom. The van der Waals surface area contributed by atoms with E-state index in [0.717, 1.165) is 31.5 Å². The molecule has 1 aromatic carbocycles. The molecule has 0 unspecified atom stereocenters. The standard InChI is InChI=1S/C18H22N2O2/c1-2-18(9-6-10-18)20-13-11-19(12-14-20)17(21)22-15-16-7-4-3-5-8-16/h1,3-5,7-8H,6,9-15H2. The van der Waals surface area contributed by atoms with E-state index in [4.69, 9.17) is 11.2 Å². The van der Waals surface area contributed by atoms with E-state index in [-0.39, 0.29) is 11.6 Å². The maximum absolute atomic E-state index is 12.1. The third-order valence-electron chi connectivity index (χ3n) is 4.80.